The molecule has 0 spiro atoms. The Labute approximate surface area is 754 Å². The summed E-state index contributed by atoms with van der Waals surface area (Å²) in [7, 11) is 0. The van der Waals surface area contributed by atoms with Crippen molar-refractivity contribution in [2.45, 2.75) is 19.7 Å². The van der Waals surface area contributed by atoms with E-state index in [0.717, 1.165) is 78.6 Å². The second-order valence-electron chi connectivity index (χ2n) is 29.5. The van der Waals surface area contributed by atoms with Crippen LogP contribution in [0.2, 0.25) is 0 Å². The molecule has 12 heterocycles. The van der Waals surface area contributed by atoms with Crippen molar-refractivity contribution >= 4 is 114 Å². The van der Waals surface area contributed by atoms with E-state index in [0.29, 0.717) is 0 Å². The van der Waals surface area contributed by atoms with Gasteiger partial charge in [0.1, 0.15) is 0 Å². The first-order valence-corrected chi connectivity index (χ1v) is 40.0. The van der Waals surface area contributed by atoms with Crippen LogP contribution in [0.4, 0.5) is 0 Å². The molecule has 0 atom stereocenters. The molecule has 12 heteroatoms. The summed E-state index contributed by atoms with van der Waals surface area (Å²) in [4.78, 5) is 26.3. The van der Waals surface area contributed by atoms with Crippen molar-refractivity contribution in [1.82, 2.24) is 43.1 Å². The molecule has 13 aromatic carbocycles. The van der Waals surface area contributed by atoms with Crippen LogP contribution in [-0.4, -0.2) is 43.1 Å². The zero-order chi connectivity index (χ0) is 81.2. The maximum atomic E-state index is 8.33. The maximum absolute atomic E-state index is 8.33. The van der Waals surface area contributed by atoms with Gasteiger partial charge in [0, 0.05) is 148 Å². The van der Waals surface area contributed by atoms with E-state index >= 15 is 0 Å². The Morgan fingerprint density at radius 1 is 0.228 bits per heavy atom. The second-order valence-corrected chi connectivity index (χ2v) is 29.5. The van der Waals surface area contributed by atoms with Crippen LogP contribution in [-0.2, 0) is 60.3 Å². The molecule has 9 nitrogen and oxygen atoms in total. The van der Waals surface area contributed by atoms with Crippen LogP contribution in [0.3, 0.4) is 0 Å². The summed E-state index contributed by atoms with van der Waals surface area (Å²) in [5.74, 6) is -0.655. The Hall–Kier alpha value is -13.9. The van der Waals surface area contributed by atoms with Gasteiger partial charge >= 0.3 is 0 Å². The average Bonchev–Trinajstić information content (AvgIpc) is 1.56. The van der Waals surface area contributed by atoms with E-state index in [1.165, 1.54) is 120 Å². The zero-order valence-corrected chi connectivity index (χ0v) is 73.8. The van der Waals surface area contributed by atoms with Gasteiger partial charge in [-0.1, -0.05) is 236 Å². The molecular formula is C111H73Ir3N9-6. The summed E-state index contributed by atoms with van der Waals surface area (Å²) in [5.41, 5.74) is 26.2. The smallest absolute Gasteiger partial charge is 0.0516 e. The Bertz CT molecular complexity index is 7630. The minimum atomic E-state index is -0.655. The molecule has 595 valence electrons. The van der Waals surface area contributed by atoms with Crippen LogP contribution in [0.1, 0.15) is 26.7 Å². The van der Waals surface area contributed by atoms with Crippen LogP contribution < -0.4 is 0 Å². The van der Waals surface area contributed by atoms with Crippen molar-refractivity contribution in [3.8, 4) is 78.7 Å². The standard InChI is InChI=1S/C29H17N2.C26H19N2.C23H13N2.3C11H8N.3Ir/c1-2-7-19(8-3-1)20-15-16-30-26(18-20)21-13-14-28-25(17-21)24-11-6-10-23-22-9-4-5-12-27(22)31(28)29(23)24;1-16(2)17-12-13-27-23(15-17)18-10-11-25-22(14-18)21-8-5-7-20-19-6-3-4-9-24(19)28(25)26(20)21;1-2-10-21-16(6-1)17-7-5-8-18-19-14-15(20-9-3-4-13-24-20)11-12-22(19)25(21)23(17)18;3*1-2-6-10(7-3-1)11-8-4-5-9-12-11;;;/h1-12,14-18H;3-9,11-16H,1-2H3;1-10,12-14H;3*1-6,8-9H;;;/q6*-1;;;/i;16D;;;;;;;. The number of hydrogen-bond acceptors (Lipinski definition) is 6. The number of nitrogens with zero attached hydrogens (tertiary/aromatic N) is 9. The van der Waals surface area contributed by atoms with Crippen LogP contribution in [0.15, 0.2) is 401 Å². The molecule has 0 bridgehead atoms. The van der Waals surface area contributed by atoms with Gasteiger partial charge in [0.2, 0.25) is 0 Å². The molecule has 25 rings (SSSR count). The second kappa shape index (κ2) is 36.6. The normalized spacial score (nSPS) is 11.3. The third kappa shape index (κ3) is 16.0. The monoisotopic (exact) mass is 2110 g/mol. The molecule has 0 aliphatic rings. The topological polar surface area (TPSA) is 90.6 Å². The van der Waals surface area contributed by atoms with Crippen molar-refractivity contribution in [2.24, 2.45) is 0 Å². The quantitative estimate of drug-likeness (QED) is 0.141. The SMILES string of the molecule is [2H]C(C)(C)c1ccnc(-c2[c-]cc3c(c2)c2cccc4c5ccccc5n3c24)c1.[Ir].[Ir].[Ir].[c-]1cc2c(cc1-c1cc(-c3ccccc3)ccn1)c1cccc3c4ccccc4n2c13.[c-]1cc2c(cc1-c1ccccn1)c1cccc3c4ccccc4n2c13.[c-]1ccccc1-c1ccccn1.[c-]1ccccc1-c1ccccn1.[c-]1ccccc1-c1ccccn1. The third-order valence-corrected chi connectivity index (χ3v) is 22.1. The van der Waals surface area contributed by atoms with Crippen LogP contribution >= 0.6 is 0 Å². The molecule has 0 saturated carbocycles. The van der Waals surface area contributed by atoms with E-state index in [-0.39, 0.29) is 60.3 Å². The first kappa shape index (κ1) is 80.2. The first-order valence-electron chi connectivity index (χ1n) is 40.5. The molecule has 0 aliphatic carbocycles. The predicted octanol–water partition coefficient (Wildman–Crippen LogP) is 27.5. The molecule has 0 amide bonds. The van der Waals surface area contributed by atoms with E-state index in [1.54, 1.807) is 24.8 Å². The van der Waals surface area contributed by atoms with Gasteiger partial charge in [-0.25, -0.2) is 0 Å². The number of pyridine rings is 6. The van der Waals surface area contributed by atoms with E-state index < -0.39 is 5.89 Å². The summed E-state index contributed by atoms with van der Waals surface area (Å²) < 4.78 is 15.4. The Morgan fingerprint density at radius 3 is 0.878 bits per heavy atom. The van der Waals surface area contributed by atoms with E-state index in [4.69, 9.17) is 1.37 Å². The zero-order valence-electron chi connectivity index (χ0n) is 67.6. The fourth-order valence-electron chi connectivity index (χ4n) is 16.6. The van der Waals surface area contributed by atoms with Crippen molar-refractivity contribution in [3.63, 3.8) is 0 Å². The molecule has 0 fully saturated rings. The van der Waals surface area contributed by atoms with Gasteiger partial charge in [0.25, 0.3) is 0 Å². The summed E-state index contributed by atoms with van der Waals surface area (Å²) >= 11 is 0. The largest absolute Gasteiger partial charge is 0.350 e. The third-order valence-electron chi connectivity index (χ3n) is 22.1. The fourth-order valence-corrected chi connectivity index (χ4v) is 16.6. The van der Waals surface area contributed by atoms with Crippen molar-refractivity contribution in [2.75, 3.05) is 0 Å². The molecule has 12 aromatic heterocycles. The van der Waals surface area contributed by atoms with Crippen LogP contribution in [0.25, 0.3) is 193 Å². The minimum absolute atomic E-state index is 0. The van der Waals surface area contributed by atoms with Gasteiger partial charge in [-0.15, -0.1) is 179 Å². The van der Waals surface area contributed by atoms with Gasteiger partial charge in [0.15, 0.2) is 0 Å². The summed E-state index contributed by atoms with van der Waals surface area (Å²) in [6.07, 6.45) is 10.9. The molecule has 0 unspecified atom stereocenters. The fraction of sp³-hybridized carbons (Fsp3) is 0.0270. The Kier molecular flexibility index (Phi) is 23.9. The minimum Gasteiger partial charge on any atom is -0.350 e. The number of aromatic nitrogens is 9. The number of benzene rings is 13. The molecule has 0 N–H and O–H groups in total. The first-order chi connectivity index (χ1) is 59.7. The summed E-state index contributed by atoms with van der Waals surface area (Å²) in [6.45, 7) is 3.80. The number of rotatable bonds is 8. The van der Waals surface area contributed by atoms with Crippen molar-refractivity contribution in [1.29, 1.82) is 0 Å². The van der Waals surface area contributed by atoms with Gasteiger partial charge in [-0.3, -0.25) is 0 Å². The summed E-state index contributed by atoms with van der Waals surface area (Å²) in [5, 5.41) is 15.3. The molecule has 25 aromatic rings. The number of fused-ring (bicyclic) bond motifs is 18. The molecule has 0 aliphatic heterocycles. The molecule has 3 radical (unpaired) electrons. The number of para-hydroxylation sites is 6. The van der Waals surface area contributed by atoms with E-state index in [2.05, 4.69) is 280 Å². The predicted molar refractivity (Wildman–Crippen MR) is 495 cm³/mol. The maximum Gasteiger partial charge on any atom is 0.0516 e. The van der Waals surface area contributed by atoms with Crippen molar-refractivity contribution in [3.05, 3.63) is 443 Å². The number of hydrogen-bond donors (Lipinski definition) is 0. The molecular weight excluding hydrogens is 2040 g/mol. The van der Waals surface area contributed by atoms with Crippen LogP contribution in [0, 0.1) is 36.4 Å². The molecule has 0 saturated heterocycles. The van der Waals surface area contributed by atoms with E-state index in [9.17, 15) is 0 Å². The Balaban J connectivity index is 0.000000109. The van der Waals surface area contributed by atoms with E-state index in [1.807, 2.05) is 190 Å². The van der Waals surface area contributed by atoms with Gasteiger partial charge in [0.05, 0.1) is 16.6 Å². The summed E-state index contributed by atoms with van der Waals surface area (Å²) in [6, 6.07) is 144. The van der Waals surface area contributed by atoms with Crippen LogP contribution in [0.5, 0.6) is 0 Å². The molecule has 123 heavy (non-hydrogen) atoms. The van der Waals surface area contributed by atoms with Crippen molar-refractivity contribution < 1.29 is 61.7 Å². The Morgan fingerprint density at radius 2 is 0.528 bits per heavy atom. The van der Waals surface area contributed by atoms with Gasteiger partial charge in [-0.2, -0.15) is 0 Å². The van der Waals surface area contributed by atoms with Gasteiger partial charge < -0.3 is 43.1 Å². The average molecular weight is 2110 g/mol. The van der Waals surface area contributed by atoms with Gasteiger partial charge in [-0.05, 0) is 138 Å².